The second kappa shape index (κ2) is 31.0. The summed E-state index contributed by atoms with van der Waals surface area (Å²) in [4.78, 5) is 60.5. The van der Waals surface area contributed by atoms with Crippen molar-refractivity contribution in [2.24, 2.45) is 0 Å². The van der Waals surface area contributed by atoms with Crippen molar-refractivity contribution in [1.82, 2.24) is 0 Å². The summed E-state index contributed by atoms with van der Waals surface area (Å²) >= 11 is 4.84. The molecular weight excluding hydrogens is 627 g/mol. The Labute approximate surface area is 268 Å². The van der Waals surface area contributed by atoms with E-state index in [-0.39, 0.29) is 18.8 Å². The Kier molecular flexibility index (Phi) is 33.5. The van der Waals surface area contributed by atoms with Crippen molar-refractivity contribution in [1.29, 1.82) is 0 Å². The smallest absolute Gasteiger partial charge is 0.356 e. The largest absolute Gasteiger partial charge is 0.481 e. The summed E-state index contributed by atoms with van der Waals surface area (Å²) < 4.78 is 3.97. The maximum atomic E-state index is 10.7. The molecule has 0 heterocycles. The van der Waals surface area contributed by atoms with Gasteiger partial charge in [-0.15, -0.1) is 12.4 Å². The maximum absolute atomic E-state index is 10.7. The molecule has 0 aliphatic heterocycles. The summed E-state index contributed by atoms with van der Waals surface area (Å²) in [7, 11) is 0. The fourth-order valence-electron chi connectivity index (χ4n) is 3.10. The van der Waals surface area contributed by atoms with Crippen LogP contribution in [0.5, 0.6) is 0 Å². The van der Waals surface area contributed by atoms with Crippen LogP contribution in [0.2, 0.25) is 0 Å². The van der Waals surface area contributed by atoms with Crippen molar-refractivity contribution in [2.75, 3.05) is 0 Å². The zero-order chi connectivity index (χ0) is 33.7. The van der Waals surface area contributed by atoms with Crippen LogP contribution in [0.25, 0.3) is 0 Å². The van der Waals surface area contributed by atoms with E-state index in [1.165, 1.54) is 51.4 Å². The number of carbonyl (C=O) groups is 6. The van der Waals surface area contributed by atoms with Crippen LogP contribution in [0.15, 0.2) is 30.3 Å². The van der Waals surface area contributed by atoms with Gasteiger partial charge in [-0.2, -0.15) is 0 Å². The van der Waals surface area contributed by atoms with Crippen LogP contribution in [0, 0.1) is 0 Å². The molecule has 0 amide bonds. The minimum Gasteiger partial charge on any atom is -0.481 e. The summed E-state index contributed by atoms with van der Waals surface area (Å²) in [5, 5.41) is 49.8. The maximum Gasteiger partial charge on any atom is 0.356 e. The van der Waals surface area contributed by atoms with E-state index in [0.717, 1.165) is 12.8 Å². The summed E-state index contributed by atoms with van der Waals surface area (Å²) in [6, 6.07) is 8.55. The van der Waals surface area contributed by atoms with E-state index >= 15 is 0 Å². The third-order valence-electron chi connectivity index (χ3n) is 5.41. The van der Waals surface area contributed by atoms with Crippen molar-refractivity contribution in [3.05, 3.63) is 35.9 Å². The molecule has 1 aliphatic rings. The molecule has 0 aromatic heterocycles. The molecule has 13 nitrogen and oxygen atoms in total. The highest BCUT2D eigenvalue weighted by Crippen LogP contribution is 2.16. The van der Waals surface area contributed by atoms with Gasteiger partial charge in [0.15, 0.2) is 5.60 Å². The van der Waals surface area contributed by atoms with Gasteiger partial charge in [-0.05, 0) is 18.6 Å². The Bertz CT molecular complexity index is 913. The van der Waals surface area contributed by atoms with E-state index in [1.54, 1.807) is 31.2 Å². The van der Waals surface area contributed by atoms with Gasteiger partial charge >= 0.3 is 35.8 Å². The molecule has 15 heteroatoms. The molecule has 0 bridgehead atoms. The number of unbranched alkanes of at least 4 members (excludes halogenated alkanes) is 4. The van der Waals surface area contributed by atoms with Crippen LogP contribution in [-0.2, 0) is 28.3 Å². The zero-order valence-corrected chi connectivity index (χ0v) is 26.7. The molecule has 1 saturated carbocycles. The molecule has 2 rings (SSSR count). The monoisotopic (exact) mass is 672 g/mol. The predicted octanol–water partition coefficient (Wildman–Crippen LogP) is 6.03. The van der Waals surface area contributed by atoms with Crippen molar-refractivity contribution in [2.45, 2.75) is 109 Å². The van der Waals surface area contributed by atoms with E-state index in [0.29, 0.717) is 12.0 Å². The standard InChI is InChI=1S/C8H16O2.C7H5ClO2.C6H8O7.C5H10.C3H6O2.ClH/c1-2-3-4-5-6-7-8(9)10;8-10-7(9)6-4-2-1-3-5-6;7-3(8)1-6(13,5(11)12)2-4(9)10;1-2-4-5-3-1;1-2-3(4)5;/h2-7H2,1H3,(H,9,10);1-5H;13H,1-2H2,(H,7,8)(H,9,10)(H,11,12);1-5H2;2H2,1H3,(H,4,5);1H. The first kappa shape index (κ1) is 47.5. The second-order valence-corrected chi connectivity index (χ2v) is 9.44. The lowest BCUT2D eigenvalue weighted by atomic mass is 9.96. The number of rotatable bonds is 13. The van der Waals surface area contributed by atoms with Crippen molar-refractivity contribution < 1.29 is 63.7 Å². The third-order valence-corrected chi connectivity index (χ3v) is 5.55. The first-order valence-electron chi connectivity index (χ1n) is 13.9. The number of carboxylic acids is 5. The fourth-order valence-corrected chi connectivity index (χ4v) is 3.19. The van der Waals surface area contributed by atoms with Crippen LogP contribution < -0.4 is 0 Å². The van der Waals surface area contributed by atoms with E-state index < -0.39 is 54.3 Å². The van der Waals surface area contributed by atoms with Gasteiger partial charge in [-0.1, -0.05) is 89.8 Å². The fraction of sp³-hybridized carbons (Fsp3) is 0.586. The average molecular weight is 674 g/mol. The van der Waals surface area contributed by atoms with E-state index in [1.807, 2.05) is 6.07 Å². The summed E-state index contributed by atoms with van der Waals surface area (Å²) in [6.07, 6.45) is 11.3. The molecule has 1 aromatic rings. The average Bonchev–Trinajstić information content (AvgIpc) is 3.53. The quantitative estimate of drug-likeness (QED) is 0.131. The lowest BCUT2D eigenvalue weighted by Crippen LogP contribution is -2.42. The Morgan fingerprint density at radius 2 is 1.11 bits per heavy atom. The van der Waals surface area contributed by atoms with Crippen LogP contribution in [-0.4, -0.2) is 72.1 Å². The minimum atomic E-state index is -2.74. The third kappa shape index (κ3) is 33.1. The Balaban J connectivity index is -0.000000235. The predicted molar refractivity (Wildman–Crippen MR) is 164 cm³/mol. The van der Waals surface area contributed by atoms with Gasteiger partial charge < -0.3 is 34.9 Å². The molecule has 0 saturated heterocycles. The highest BCUT2D eigenvalue weighted by molar-refractivity contribution is 6.15. The number of carbonyl (C=O) groups excluding carboxylic acids is 1. The molecular formula is C29H46Cl2O13. The Hall–Kier alpha value is -3.42. The highest BCUT2D eigenvalue weighted by atomic mass is 35.5. The lowest BCUT2D eigenvalue weighted by Gasteiger charge is -2.18. The summed E-state index contributed by atoms with van der Waals surface area (Å²) in [5.41, 5.74) is -2.28. The van der Waals surface area contributed by atoms with E-state index in [9.17, 15) is 28.8 Å². The van der Waals surface area contributed by atoms with E-state index in [4.69, 9.17) is 42.5 Å². The Morgan fingerprint density at radius 1 is 0.705 bits per heavy atom. The first-order valence-corrected chi connectivity index (χ1v) is 14.2. The molecule has 254 valence electrons. The van der Waals surface area contributed by atoms with Gasteiger partial charge in [0.1, 0.15) is 11.9 Å². The van der Waals surface area contributed by atoms with Crippen LogP contribution in [0.3, 0.4) is 0 Å². The second-order valence-electron chi connectivity index (χ2n) is 9.28. The number of carboxylic acid groups (broad SMARTS) is 5. The van der Waals surface area contributed by atoms with Gasteiger partial charge in [0, 0.05) is 12.8 Å². The van der Waals surface area contributed by atoms with Gasteiger partial charge in [0.25, 0.3) is 0 Å². The SMILES string of the molecule is C1CCCC1.CCC(=O)O.CCCCCCCC(=O)O.Cl.O=C(O)CC(O)(CC(=O)O)C(=O)O.O=C(OCl)c1ccccc1. The van der Waals surface area contributed by atoms with Crippen molar-refractivity contribution in [3.63, 3.8) is 0 Å². The summed E-state index contributed by atoms with van der Waals surface area (Å²) in [6.45, 7) is 3.75. The number of hydrogen-bond acceptors (Lipinski definition) is 8. The van der Waals surface area contributed by atoms with E-state index in [2.05, 4.69) is 11.2 Å². The lowest BCUT2D eigenvalue weighted by molar-refractivity contribution is -0.170. The van der Waals surface area contributed by atoms with Gasteiger partial charge in [-0.3, -0.25) is 19.2 Å². The molecule has 1 fully saturated rings. The van der Waals surface area contributed by atoms with Crippen LogP contribution in [0.4, 0.5) is 0 Å². The van der Waals surface area contributed by atoms with Gasteiger partial charge in [0.05, 0.1) is 18.4 Å². The molecule has 0 unspecified atom stereocenters. The molecule has 0 radical (unpaired) electrons. The first-order chi connectivity index (χ1) is 20.2. The molecule has 6 N–H and O–H groups in total. The topological polar surface area (TPSA) is 233 Å². The highest BCUT2D eigenvalue weighted by Gasteiger charge is 2.40. The Morgan fingerprint density at radius 3 is 1.41 bits per heavy atom. The van der Waals surface area contributed by atoms with Crippen molar-refractivity contribution >= 4 is 60.1 Å². The number of hydrogen-bond donors (Lipinski definition) is 6. The normalized spacial score (nSPS) is 11.0. The van der Waals surface area contributed by atoms with Crippen LogP contribution in [0.1, 0.15) is 114 Å². The zero-order valence-electron chi connectivity index (χ0n) is 25.1. The number of halogens is 2. The molecule has 0 spiro atoms. The molecule has 0 atom stereocenters. The van der Waals surface area contributed by atoms with Gasteiger partial charge in [0.2, 0.25) is 0 Å². The molecule has 1 aromatic carbocycles. The van der Waals surface area contributed by atoms with Crippen LogP contribution >= 0.6 is 24.3 Å². The van der Waals surface area contributed by atoms with Crippen molar-refractivity contribution in [3.8, 4) is 0 Å². The van der Waals surface area contributed by atoms with Gasteiger partial charge in [-0.25, -0.2) is 9.59 Å². The number of aliphatic carboxylic acids is 5. The number of aliphatic hydroxyl groups is 1. The number of benzene rings is 1. The molecule has 1 aliphatic carbocycles. The summed E-state index contributed by atoms with van der Waals surface area (Å²) in [5.74, 6) is -6.96. The minimum absolute atomic E-state index is 0. The molecule has 44 heavy (non-hydrogen) atoms.